The average Bonchev–Trinajstić information content (AvgIpc) is 3.05. The van der Waals surface area contributed by atoms with Crippen LogP contribution in [0.4, 0.5) is 0 Å². The molecule has 1 aromatic carbocycles. The number of aryl methyl sites for hydroxylation is 1. The van der Waals surface area contributed by atoms with Crippen LogP contribution in [0.3, 0.4) is 0 Å². The maximum atomic E-state index is 13.0. The highest BCUT2D eigenvalue weighted by molar-refractivity contribution is 7.21. The number of hydrogen-bond donors (Lipinski definition) is 1. The molecule has 0 saturated carbocycles. The third kappa shape index (κ3) is 3.85. The fourth-order valence-electron chi connectivity index (χ4n) is 3.77. The molecule has 1 aromatic heterocycles. The lowest BCUT2D eigenvalue weighted by Crippen LogP contribution is -2.52. The van der Waals surface area contributed by atoms with Crippen LogP contribution in [0.2, 0.25) is 0 Å². The number of carbonyl (C=O) groups is 2. The van der Waals surface area contributed by atoms with Crippen molar-refractivity contribution in [3.05, 3.63) is 34.7 Å². The highest BCUT2D eigenvalue weighted by Gasteiger charge is 2.28. The van der Waals surface area contributed by atoms with Gasteiger partial charge in [0.1, 0.15) is 0 Å². The van der Waals surface area contributed by atoms with Crippen LogP contribution in [0.1, 0.15) is 21.7 Å². The first-order chi connectivity index (χ1) is 13.1. The van der Waals surface area contributed by atoms with Crippen molar-refractivity contribution in [2.75, 3.05) is 45.9 Å². The summed E-state index contributed by atoms with van der Waals surface area (Å²) in [5.74, 6) is 0.228. The van der Waals surface area contributed by atoms with Crippen molar-refractivity contribution in [2.24, 2.45) is 0 Å². The number of benzene rings is 1. The van der Waals surface area contributed by atoms with Crippen LogP contribution in [0, 0.1) is 6.92 Å². The zero-order chi connectivity index (χ0) is 18.8. The topological polar surface area (TPSA) is 61.9 Å². The maximum Gasteiger partial charge on any atom is 0.264 e. The summed E-state index contributed by atoms with van der Waals surface area (Å²) in [6.45, 7) is 6.50. The van der Waals surface area contributed by atoms with E-state index in [0.717, 1.165) is 27.1 Å². The molecule has 1 N–H and O–H groups in total. The Balaban J connectivity index is 1.36. The molecular weight excluding hydrogens is 362 g/mol. The quantitative estimate of drug-likeness (QED) is 0.874. The predicted octanol–water partition coefficient (Wildman–Crippen LogP) is 1.87. The molecule has 6 nitrogen and oxygen atoms in total. The second kappa shape index (κ2) is 7.96. The van der Waals surface area contributed by atoms with Crippen LogP contribution in [-0.2, 0) is 9.53 Å². The zero-order valence-electron chi connectivity index (χ0n) is 15.6. The molecule has 0 spiro atoms. The van der Waals surface area contributed by atoms with Gasteiger partial charge in [-0.25, -0.2) is 0 Å². The molecule has 2 saturated heterocycles. The molecule has 0 bridgehead atoms. The summed E-state index contributed by atoms with van der Waals surface area (Å²) in [6.07, 6.45) is 0.462. The number of fused-ring (bicyclic) bond motifs is 1. The Morgan fingerprint density at radius 2 is 1.93 bits per heavy atom. The summed E-state index contributed by atoms with van der Waals surface area (Å²) in [5, 5.41) is 4.48. The molecule has 3 heterocycles. The van der Waals surface area contributed by atoms with Gasteiger partial charge in [-0.2, -0.15) is 0 Å². The van der Waals surface area contributed by atoms with E-state index in [9.17, 15) is 9.59 Å². The number of rotatable bonds is 3. The van der Waals surface area contributed by atoms with Crippen molar-refractivity contribution in [3.63, 3.8) is 0 Å². The summed E-state index contributed by atoms with van der Waals surface area (Å²) < 4.78 is 6.57. The first-order valence-corrected chi connectivity index (χ1v) is 10.3. The van der Waals surface area contributed by atoms with Gasteiger partial charge in [0.05, 0.1) is 18.1 Å². The molecule has 27 heavy (non-hydrogen) atoms. The van der Waals surface area contributed by atoms with Gasteiger partial charge in [-0.05, 0) is 23.9 Å². The molecule has 7 heteroatoms. The number of thiophene rings is 1. The third-order valence-electron chi connectivity index (χ3n) is 5.38. The monoisotopic (exact) mass is 387 g/mol. The molecule has 2 fully saturated rings. The standard InChI is InChI=1S/C20H25N3O3S/c1-14-16-4-2-3-5-17(16)27-19(14)20(25)23-9-7-22(8-10-23)18(24)12-15-13-26-11-6-21-15/h2-5,15,21H,6-13H2,1H3. The summed E-state index contributed by atoms with van der Waals surface area (Å²) in [6, 6.07) is 8.24. The van der Waals surface area contributed by atoms with Gasteiger partial charge in [-0.1, -0.05) is 18.2 Å². The van der Waals surface area contributed by atoms with E-state index in [4.69, 9.17) is 4.74 Å². The highest BCUT2D eigenvalue weighted by atomic mass is 32.1. The van der Waals surface area contributed by atoms with Crippen LogP contribution < -0.4 is 5.32 Å². The fraction of sp³-hybridized carbons (Fsp3) is 0.500. The number of amides is 2. The number of nitrogens with one attached hydrogen (secondary N) is 1. The van der Waals surface area contributed by atoms with Crippen LogP contribution >= 0.6 is 11.3 Å². The van der Waals surface area contributed by atoms with Gasteiger partial charge in [-0.3, -0.25) is 9.59 Å². The average molecular weight is 388 g/mol. The van der Waals surface area contributed by atoms with E-state index in [1.54, 1.807) is 11.3 Å². The first kappa shape index (κ1) is 18.4. The lowest BCUT2D eigenvalue weighted by molar-refractivity contribution is -0.133. The Morgan fingerprint density at radius 1 is 1.19 bits per heavy atom. The molecule has 2 aromatic rings. The molecule has 1 atom stereocenters. The molecule has 2 amide bonds. The van der Waals surface area contributed by atoms with Crippen LogP contribution in [0.5, 0.6) is 0 Å². The van der Waals surface area contributed by atoms with Gasteiger partial charge in [0.2, 0.25) is 5.91 Å². The lowest BCUT2D eigenvalue weighted by Gasteiger charge is -2.35. The van der Waals surface area contributed by atoms with Crippen LogP contribution in [0.25, 0.3) is 10.1 Å². The summed E-state index contributed by atoms with van der Waals surface area (Å²) in [7, 11) is 0. The minimum Gasteiger partial charge on any atom is -0.378 e. The van der Waals surface area contributed by atoms with E-state index >= 15 is 0 Å². The smallest absolute Gasteiger partial charge is 0.264 e. The Kier molecular flexibility index (Phi) is 5.43. The Morgan fingerprint density at radius 3 is 2.63 bits per heavy atom. The number of piperazine rings is 1. The van der Waals surface area contributed by atoms with Crippen molar-refractivity contribution in [1.82, 2.24) is 15.1 Å². The Bertz CT molecular complexity index is 836. The van der Waals surface area contributed by atoms with E-state index in [0.29, 0.717) is 45.8 Å². The van der Waals surface area contributed by atoms with E-state index in [1.165, 1.54) is 0 Å². The lowest BCUT2D eigenvalue weighted by atomic mass is 10.1. The van der Waals surface area contributed by atoms with E-state index < -0.39 is 0 Å². The predicted molar refractivity (Wildman–Crippen MR) is 106 cm³/mol. The molecule has 0 aliphatic carbocycles. The van der Waals surface area contributed by atoms with Crippen LogP contribution in [0.15, 0.2) is 24.3 Å². The maximum absolute atomic E-state index is 13.0. The third-order valence-corrected chi connectivity index (χ3v) is 6.64. The van der Waals surface area contributed by atoms with Crippen molar-refractivity contribution >= 4 is 33.2 Å². The number of morpholine rings is 1. The molecule has 0 radical (unpaired) electrons. The highest BCUT2D eigenvalue weighted by Crippen LogP contribution is 2.31. The normalized spacial score (nSPS) is 20.9. The van der Waals surface area contributed by atoms with Gasteiger partial charge in [-0.15, -0.1) is 11.3 Å². The second-order valence-corrected chi connectivity index (χ2v) is 8.21. The van der Waals surface area contributed by atoms with Gasteiger partial charge >= 0.3 is 0 Å². The van der Waals surface area contributed by atoms with Crippen molar-refractivity contribution in [2.45, 2.75) is 19.4 Å². The Hall–Kier alpha value is -1.96. The summed E-state index contributed by atoms with van der Waals surface area (Å²) >= 11 is 1.56. The second-order valence-electron chi connectivity index (χ2n) is 7.16. The molecule has 2 aliphatic rings. The zero-order valence-corrected chi connectivity index (χ0v) is 16.4. The molecule has 144 valence electrons. The molecule has 1 unspecified atom stereocenters. The Labute approximate surface area is 163 Å². The minimum atomic E-state index is 0.0862. The number of nitrogens with zero attached hydrogens (tertiary/aromatic N) is 2. The van der Waals surface area contributed by atoms with Crippen molar-refractivity contribution in [1.29, 1.82) is 0 Å². The number of carbonyl (C=O) groups excluding carboxylic acids is 2. The van der Waals surface area contributed by atoms with Gasteiger partial charge in [0.25, 0.3) is 5.91 Å². The van der Waals surface area contributed by atoms with Gasteiger partial charge < -0.3 is 19.9 Å². The van der Waals surface area contributed by atoms with E-state index in [-0.39, 0.29) is 17.9 Å². The molecule has 4 rings (SSSR count). The van der Waals surface area contributed by atoms with Crippen molar-refractivity contribution in [3.8, 4) is 0 Å². The number of ether oxygens (including phenoxy) is 1. The van der Waals surface area contributed by atoms with Crippen molar-refractivity contribution < 1.29 is 14.3 Å². The SMILES string of the molecule is Cc1c(C(=O)N2CCN(C(=O)CC3COCCN3)CC2)sc2ccccc12. The van der Waals surface area contributed by atoms with Crippen LogP contribution in [-0.4, -0.2) is 73.6 Å². The van der Waals surface area contributed by atoms with Gasteiger partial charge in [0, 0.05) is 49.9 Å². The largest absolute Gasteiger partial charge is 0.378 e. The van der Waals surface area contributed by atoms with E-state index in [1.807, 2.05) is 28.9 Å². The first-order valence-electron chi connectivity index (χ1n) is 9.50. The van der Waals surface area contributed by atoms with Gasteiger partial charge in [0.15, 0.2) is 0 Å². The van der Waals surface area contributed by atoms with E-state index in [2.05, 4.69) is 17.4 Å². The number of hydrogen-bond acceptors (Lipinski definition) is 5. The molecular formula is C20H25N3O3S. The minimum absolute atomic E-state index is 0.0862. The summed E-state index contributed by atoms with van der Waals surface area (Å²) in [5.41, 5.74) is 1.06. The summed E-state index contributed by atoms with van der Waals surface area (Å²) in [4.78, 5) is 30.1. The molecule has 2 aliphatic heterocycles. The fourth-order valence-corrected chi connectivity index (χ4v) is 4.95.